The van der Waals surface area contributed by atoms with Crippen molar-refractivity contribution in [1.82, 2.24) is 4.90 Å². The Morgan fingerprint density at radius 2 is 1.94 bits per heavy atom. The average molecular weight is 270 g/mol. The van der Waals surface area contributed by atoms with Gasteiger partial charge in [-0.1, -0.05) is 0 Å². The molecule has 0 rings (SSSR count). The van der Waals surface area contributed by atoms with Gasteiger partial charge in [-0.2, -0.15) is 18.6 Å². The molecule has 7 nitrogen and oxygen atoms in total. The summed E-state index contributed by atoms with van der Waals surface area (Å²) in [4.78, 5) is 1.78. The van der Waals surface area contributed by atoms with E-state index in [2.05, 4.69) is 4.29 Å². The van der Waals surface area contributed by atoms with E-state index in [-0.39, 0.29) is 6.73 Å². The molecule has 100 valence electrons. The van der Waals surface area contributed by atoms with Crippen LogP contribution in [0, 0.1) is 10.2 Å². The molecule has 0 aliphatic heterocycles. The molecule has 0 unspecified atom stereocenters. The first-order valence-electron chi connectivity index (χ1n) is 4.86. The van der Waals surface area contributed by atoms with Crippen molar-refractivity contribution in [2.24, 2.45) is 0 Å². The Bertz CT molecular complexity index is 286. The number of hydrogen-bond donors (Lipinski definition) is 0. The second-order valence-electron chi connectivity index (χ2n) is 3.43. The minimum Gasteiger partial charge on any atom is -0.487 e. The molecule has 0 saturated carbocycles. The molecule has 0 aromatic carbocycles. The van der Waals surface area contributed by atoms with Gasteiger partial charge >= 0.3 is 6.73 Å². The summed E-state index contributed by atoms with van der Waals surface area (Å²) in [5, 5.41) is 0. The minimum absolute atomic E-state index is 0.370. The van der Waals surface area contributed by atoms with Crippen LogP contribution in [0.3, 0.4) is 0 Å². The van der Waals surface area contributed by atoms with Crippen molar-refractivity contribution in [3.05, 3.63) is 12.0 Å². The van der Waals surface area contributed by atoms with Crippen LogP contribution in [-0.2, 0) is 9.03 Å². The van der Waals surface area contributed by atoms with Gasteiger partial charge in [-0.05, 0) is 6.92 Å². The number of rotatable bonds is 7. The monoisotopic (exact) mass is 269 g/mol. The third-order valence-corrected chi connectivity index (χ3v) is 1.79. The van der Waals surface area contributed by atoms with Crippen molar-refractivity contribution in [3.63, 3.8) is 0 Å². The molecule has 0 N–H and O–H groups in total. The van der Waals surface area contributed by atoms with Crippen molar-refractivity contribution in [3.8, 4) is 0 Å². The van der Waals surface area contributed by atoms with Crippen molar-refractivity contribution >= 4 is 6.21 Å². The molecule has 0 atom stereocenters. The van der Waals surface area contributed by atoms with E-state index in [9.17, 15) is 14.0 Å². The third kappa shape index (κ3) is 10.0. The number of hydrogen-bond acceptors (Lipinski definition) is 6. The predicted molar refractivity (Wildman–Crippen MR) is 51.6 cm³/mol. The highest BCUT2D eigenvalue weighted by atomic mass is 35.7. The number of ether oxygens (including phenoxy) is 1. The van der Waals surface area contributed by atoms with Crippen molar-refractivity contribution in [2.45, 2.75) is 6.92 Å². The summed E-state index contributed by atoms with van der Waals surface area (Å²) < 4.78 is 41.4. The van der Waals surface area contributed by atoms with E-state index in [4.69, 9.17) is 4.74 Å². The second-order valence-corrected chi connectivity index (χ2v) is 4.40. The predicted octanol–water partition coefficient (Wildman–Crippen LogP) is -2.99. The zero-order chi connectivity index (χ0) is 13.5. The quantitative estimate of drug-likeness (QED) is 0.212. The maximum Gasteiger partial charge on any atom is 0.393 e. The van der Waals surface area contributed by atoms with Gasteiger partial charge in [0, 0.05) is 20.3 Å². The van der Waals surface area contributed by atoms with Crippen LogP contribution in [0.15, 0.2) is 12.0 Å². The van der Waals surface area contributed by atoms with E-state index in [0.717, 1.165) is 0 Å². The summed E-state index contributed by atoms with van der Waals surface area (Å²) in [7, 11) is 0.799. The normalized spacial score (nSPS) is 13.8. The molecule has 0 aliphatic rings. The number of nitrogens with zero attached hydrogens (tertiary/aromatic N) is 2. The van der Waals surface area contributed by atoms with Gasteiger partial charge < -0.3 is 9.64 Å². The molecule has 0 saturated heterocycles. The summed E-state index contributed by atoms with van der Waals surface area (Å²) >= 11 is 0. The van der Waals surface area contributed by atoms with Crippen molar-refractivity contribution in [2.75, 3.05) is 34.5 Å². The highest BCUT2D eigenvalue weighted by Crippen LogP contribution is 1.96. The lowest BCUT2D eigenvalue weighted by molar-refractivity contribution is -1.92. The Labute approximate surface area is 103 Å². The first-order chi connectivity index (χ1) is 7.74. The van der Waals surface area contributed by atoms with Gasteiger partial charge in [0.2, 0.25) is 6.21 Å². The van der Waals surface area contributed by atoms with Gasteiger partial charge in [-0.15, -0.1) is 0 Å². The molecule has 0 aromatic rings. The Morgan fingerprint density at radius 1 is 1.35 bits per heavy atom. The van der Waals surface area contributed by atoms with Gasteiger partial charge in [0.25, 0.3) is 0 Å². The van der Waals surface area contributed by atoms with Crippen LogP contribution in [-0.4, -0.2) is 50.2 Å². The van der Waals surface area contributed by atoms with Gasteiger partial charge in [-0.25, -0.2) is 0 Å². The first kappa shape index (κ1) is 16.1. The maximum atomic E-state index is 10.2. The molecule has 0 spiro atoms. The summed E-state index contributed by atoms with van der Waals surface area (Å²) in [5.41, 5.74) is 0. The molecule has 0 fully saturated rings. The van der Waals surface area contributed by atoms with Gasteiger partial charge in [0.15, 0.2) is 5.76 Å². The van der Waals surface area contributed by atoms with E-state index in [0.29, 0.717) is 12.4 Å². The maximum absolute atomic E-state index is 10.2. The lowest BCUT2D eigenvalue weighted by atomic mass is 10.5. The van der Waals surface area contributed by atoms with Crippen LogP contribution in [0.4, 0.5) is 0 Å². The lowest BCUT2D eigenvalue weighted by Gasteiger charge is -2.11. The molecule has 17 heavy (non-hydrogen) atoms. The molecule has 0 aliphatic carbocycles. The summed E-state index contributed by atoms with van der Waals surface area (Å²) in [6.45, 7) is 1.93. The zero-order valence-electron chi connectivity index (χ0n) is 10.4. The number of allylic oxidation sites excluding steroid dienone is 1. The molecule has 0 aromatic heterocycles. The van der Waals surface area contributed by atoms with E-state index < -0.39 is 10.2 Å². The Kier molecular flexibility index (Phi) is 7.09. The van der Waals surface area contributed by atoms with Crippen LogP contribution in [0.2, 0.25) is 0 Å². The standard InChI is InChI=1S/C9H18ClN2O5/c1-5-16-9(6-11(2)3)7-12(4)8-17-10(13,14)15/h6-7H,5,8H2,1-4H3/q+1. The van der Waals surface area contributed by atoms with Crippen molar-refractivity contribution in [1.29, 1.82) is 0 Å². The third-order valence-electron chi connectivity index (χ3n) is 1.43. The highest BCUT2D eigenvalue weighted by Gasteiger charge is 2.21. The Balaban J connectivity index is 4.49. The molecule has 0 heterocycles. The topological polar surface area (TPSA) is 93.9 Å². The fourth-order valence-corrected chi connectivity index (χ4v) is 1.19. The molecule has 0 amide bonds. The van der Waals surface area contributed by atoms with Crippen LogP contribution < -0.4 is 14.0 Å². The summed E-state index contributed by atoms with van der Waals surface area (Å²) in [6, 6.07) is 0. The van der Waals surface area contributed by atoms with E-state index >= 15 is 0 Å². The lowest BCUT2D eigenvalue weighted by Crippen LogP contribution is -2.61. The molecule has 0 radical (unpaired) electrons. The molecular formula is C9H18ClN2O5+. The fraction of sp³-hybridized carbons (Fsp3) is 0.667. The molecule has 8 heteroatoms. The number of halogens is 1. The molecule has 0 bridgehead atoms. The average Bonchev–Trinajstić information content (AvgIpc) is 2.13. The zero-order valence-corrected chi connectivity index (χ0v) is 11.1. The SMILES string of the molecule is CCOC(=CN(C)C)C=[N+](C)CO[Cl+3]([O-])([O-])[O-]. The van der Waals surface area contributed by atoms with Crippen LogP contribution in [0.5, 0.6) is 0 Å². The van der Waals surface area contributed by atoms with Gasteiger partial charge in [0.1, 0.15) is 11.3 Å². The van der Waals surface area contributed by atoms with E-state index in [1.54, 1.807) is 18.1 Å². The van der Waals surface area contributed by atoms with Gasteiger partial charge in [-0.3, -0.25) is 0 Å². The van der Waals surface area contributed by atoms with E-state index in [1.165, 1.54) is 10.8 Å². The summed E-state index contributed by atoms with van der Waals surface area (Å²) in [5.74, 6) is 0.531. The Hall–Kier alpha value is -0.860. The van der Waals surface area contributed by atoms with Crippen LogP contribution in [0.1, 0.15) is 6.92 Å². The van der Waals surface area contributed by atoms with Crippen molar-refractivity contribution < 1.29 is 37.8 Å². The van der Waals surface area contributed by atoms with Crippen LogP contribution in [0.25, 0.3) is 0 Å². The van der Waals surface area contributed by atoms with E-state index in [1.807, 2.05) is 21.0 Å². The fourth-order valence-electron chi connectivity index (χ4n) is 0.920. The summed E-state index contributed by atoms with van der Waals surface area (Å²) in [6.07, 6.45) is 3.24. The largest absolute Gasteiger partial charge is 0.487 e. The smallest absolute Gasteiger partial charge is 0.393 e. The van der Waals surface area contributed by atoms with Gasteiger partial charge in [0.05, 0.1) is 16.9 Å². The second kappa shape index (κ2) is 7.46. The highest BCUT2D eigenvalue weighted by molar-refractivity contribution is 5.71. The Morgan fingerprint density at radius 3 is 2.35 bits per heavy atom. The van der Waals surface area contributed by atoms with Crippen LogP contribution >= 0.6 is 0 Å². The first-order valence-corrected chi connectivity index (χ1v) is 6.09. The molecular weight excluding hydrogens is 252 g/mol. The minimum atomic E-state index is -4.41.